The molecule has 12 rings (SSSR count). The maximum absolute atomic E-state index is 14.0. The molecule has 6 N–H and O–H groups in total. The molecular formula is C63H63N15O9. The van der Waals surface area contributed by atoms with Crippen molar-refractivity contribution < 1.29 is 33.6 Å². The smallest absolute Gasteiger partial charge is 0.340 e. The summed E-state index contributed by atoms with van der Waals surface area (Å²) in [6.07, 6.45) is 10.5. The molecule has 0 spiro atoms. The first-order chi connectivity index (χ1) is 42.4. The molecular weight excluding hydrogens is 1110 g/mol. The first-order valence-electron chi connectivity index (χ1n) is 27.8. The number of benzene rings is 5. The van der Waals surface area contributed by atoms with Gasteiger partial charge in [-0.15, -0.1) is 0 Å². The lowest BCUT2D eigenvalue weighted by Gasteiger charge is -2.25. The third kappa shape index (κ3) is 14.4. The Labute approximate surface area is 499 Å². The number of amides is 1. The van der Waals surface area contributed by atoms with Gasteiger partial charge in [0, 0.05) is 76.9 Å². The summed E-state index contributed by atoms with van der Waals surface area (Å²) in [5, 5.41) is 11.4. The highest BCUT2D eigenvalue weighted by Crippen LogP contribution is 2.29. The molecule has 0 saturated carbocycles. The number of nitrogen functional groups attached to an aromatic ring is 2. The highest BCUT2D eigenvalue weighted by Gasteiger charge is 2.23. The molecule has 2 aliphatic heterocycles. The van der Waals surface area contributed by atoms with Crippen molar-refractivity contribution in [1.82, 2.24) is 53.0 Å². The van der Waals surface area contributed by atoms with Crippen molar-refractivity contribution in [2.24, 2.45) is 0 Å². The predicted molar refractivity (Wildman–Crippen MR) is 332 cm³/mol. The number of nitrogens with zero attached hydrogens (tertiary/aromatic N) is 12. The number of carboxylic acids is 1. The second-order valence-electron chi connectivity index (χ2n) is 19.6. The molecule has 10 aromatic rings. The number of anilines is 4. The van der Waals surface area contributed by atoms with Gasteiger partial charge in [-0.2, -0.15) is 0 Å². The van der Waals surface area contributed by atoms with E-state index in [-0.39, 0.29) is 28.9 Å². The number of carbonyl (C=O) groups is 2. The van der Waals surface area contributed by atoms with Crippen LogP contribution in [0.1, 0.15) is 0 Å². The van der Waals surface area contributed by atoms with Crippen LogP contribution in [0.25, 0.3) is 45.2 Å². The summed E-state index contributed by atoms with van der Waals surface area (Å²) in [6.45, 7) is 7.77. The van der Waals surface area contributed by atoms with Gasteiger partial charge in [-0.1, -0.05) is 60.7 Å². The number of ether oxygens (including phenoxy) is 4. The second-order valence-corrected chi connectivity index (χ2v) is 19.6. The average molecular weight is 1170 g/mol. The number of hydrogen-bond donors (Lipinski definition) is 4. The highest BCUT2D eigenvalue weighted by molar-refractivity contribution is 6.01. The molecule has 1 amide bonds. The number of fused-ring (bicyclic) bond motifs is 2. The van der Waals surface area contributed by atoms with Crippen molar-refractivity contribution in [2.75, 3.05) is 101 Å². The number of likely N-dealkylation sites (N-methyl/N-ethyl adjacent to an activating group) is 1. The molecule has 2 fully saturated rings. The van der Waals surface area contributed by atoms with Gasteiger partial charge in [0.15, 0.2) is 22.9 Å². The van der Waals surface area contributed by atoms with Gasteiger partial charge in [-0.3, -0.25) is 19.2 Å². The number of aliphatic carboxylic acids is 1. The molecule has 0 atom stereocenters. The minimum Gasteiger partial charge on any atom is -0.478 e. The molecule has 5 aromatic carbocycles. The van der Waals surface area contributed by atoms with Gasteiger partial charge in [0.2, 0.25) is 5.91 Å². The number of hydrogen-bond acceptors (Lipinski definition) is 18. The van der Waals surface area contributed by atoms with Gasteiger partial charge in [-0.05, 0) is 97.1 Å². The number of carboxylic acid groups (broad SMARTS) is 1. The lowest BCUT2D eigenvalue weighted by atomic mass is 10.2. The molecule has 24 heteroatoms. The summed E-state index contributed by atoms with van der Waals surface area (Å²) in [5.41, 5.74) is 16.4. The van der Waals surface area contributed by atoms with Crippen LogP contribution in [0.3, 0.4) is 0 Å². The zero-order chi connectivity index (χ0) is 60.7. The Morgan fingerprint density at radius 2 is 1.08 bits per heavy atom. The van der Waals surface area contributed by atoms with E-state index in [0.717, 1.165) is 45.1 Å². The lowest BCUT2D eigenvalue weighted by molar-refractivity contribution is -0.131. The maximum Gasteiger partial charge on any atom is 0.340 e. The quantitative estimate of drug-likeness (QED) is 0.0699. The predicted octanol–water partition coefficient (Wildman–Crippen LogP) is 7.14. The molecule has 0 aliphatic carbocycles. The molecule has 5 aromatic heterocycles. The van der Waals surface area contributed by atoms with Crippen LogP contribution in [0.15, 0.2) is 198 Å². The normalized spacial score (nSPS) is 13.6. The Morgan fingerprint density at radius 3 is 1.63 bits per heavy atom. The fourth-order valence-corrected chi connectivity index (χ4v) is 9.54. The molecule has 2 saturated heterocycles. The standard InChI is InChI=1S/C32H31N7O4.C23H19N7O2.C8H13NO3/c1-36(28(40)11-6-16-37-17-19-42-20-18-37)24-7-5-8-25(21-24)39-31-29(30(33)34-22-35-31)38(32(39)41)23-12-14-27(15-13-23)43-26-9-3-2-4-10-26;1-25-15-6-5-7-16(12-15)29-22-20(21(24)27-14-28-22)30(23(29)31)19-11-10-18(13-26-19)32-17-8-3-2-4-9-17;10-8(11)2-1-3-9-4-6-12-7-5-9/h2-15,21-22H,16-20H2,1H3,(H2,33,34,35);2-14,25H,1H3,(H2,24,27,28);1-2H,3-7H2,(H,10,11)/b11-6+;;2-1+. The Bertz CT molecular complexity index is 4160. The number of para-hydroxylation sites is 2. The van der Waals surface area contributed by atoms with Crippen molar-refractivity contribution >= 4 is 57.2 Å². The Morgan fingerprint density at radius 1 is 0.575 bits per heavy atom. The SMILES string of the molecule is CN(C(=O)/C=C/CN1CCOCC1)c1cccc(-n2c(=O)n(-c3ccc(Oc4ccccc4)cc3)c3c(N)ncnc32)c1.CNc1cccc(-n2c(=O)n(-c3ccc(Oc4ccccc4)cn3)c3c(N)ncnc32)c1.O=C(O)/C=C/CN1CCOCC1. The van der Waals surface area contributed by atoms with Gasteiger partial charge in [0.25, 0.3) is 0 Å². The molecule has 0 unspecified atom stereocenters. The molecule has 7 heterocycles. The van der Waals surface area contributed by atoms with E-state index < -0.39 is 5.97 Å². The monoisotopic (exact) mass is 1170 g/mol. The number of morpholine rings is 2. The molecule has 0 bridgehead atoms. The van der Waals surface area contributed by atoms with Gasteiger partial charge in [-0.25, -0.2) is 53.0 Å². The fraction of sp³-hybridized carbons (Fsp3) is 0.190. The number of imidazole rings is 2. The van der Waals surface area contributed by atoms with Crippen LogP contribution in [0, 0.1) is 0 Å². The number of aromatic nitrogens is 9. The van der Waals surface area contributed by atoms with Crippen molar-refractivity contribution in [2.45, 2.75) is 0 Å². The lowest BCUT2D eigenvalue weighted by Crippen LogP contribution is -2.36. The van der Waals surface area contributed by atoms with Crippen LogP contribution in [-0.4, -0.2) is 150 Å². The van der Waals surface area contributed by atoms with Crippen molar-refractivity contribution in [3.8, 4) is 45.9 Å². The first-order valence-corrected chi connectivity index (χ1v) is 27.8. The summed E-state index contributed by atoms with van der Waals surface area (Å²) in [6, 6.07) is 44.0. The molecule has 87 heavy (non-hydrogen) atoms. The van der Waals surface area contributed by atoms with Crippen LogP contribution in [-0.2, 0) is 19.1 Å². The minimum absolute atomic E-state index is 0.166. The van der Waals surface area contributed by atoms with Gasteiger partial charge >= 0.3 is 17.3 Å². The largest absolute Gasteiger partial charge is 0.478 e. The van der Waals surface area contributed by atoms with E-state index in [2.05, 4.69) is 40.0 Å². The van der Waals surface area contributed by atoms with Crippen LogP contribution >= 0.6 is 0 Å². The zero-order valence-electron chi connectivity index (χ0n) is 47.7. The van der Waals surface area contributed by atoms with E-state index >= 15 is 0 Å². The van der Waals surface area contributed by atoms with Crippen LogP contribution in [0.5, 0.6) is 23.0 Å². The zero-order valence-corrected chi connectivity index (χ0v) is 47.7. The molecule has 0 radical (unpaired) electrons. The van der Waals surface area contributed by atoms with E-state index in [1.165, 1.54) is 37.0 Å². The van der Waals surface area contributed by atoms with Gasteiger partial charge in [0.1, 0.15) is 52.5 Å². The van der Waals surface area contributed by atoms with Crippen LogP contribution in [0.2, 0.25) is 0 Å². The molecule has 444 valence electrons. The van der Waals surface area contributed by atoms with E-state index in [0.29, 0.717) is 100 Å². The second kappa shape index (κ2) is 28.2. The molecule has 2 aliphatic rings. The van der Waals surface area contributed by atoms with Crippen molar-refractivity contribution in [3.63, 3.8) is 0 Å². The van der Waals surface area contributed by atoms with Gasteiger partial charge < -0.3 is 45.7 Å². The number of carbonyl (C=O) groups excluding carboxylic acids is 1. The number of nitrogens with one attached hydrogen (secondary N) is 1. The third-order valence-corrected chi connectivity index (χ3v) is 14.0. The fourth-order valence-electron chi connectivity index (χ4n) is 9.54. The summed E-state index contributed by atoms with van der Waals surface area (Å²) in [5.74, 6) is 2.23. The van der Waals surface area contributed by atoms with Crippen LogP contribution < -0.4 is 42.5 Å². The van der Waals surface area contributed by atoms with Crippen molar-refractivity contribution in [1.29, 1.82) is 0 Å². The van der Waals surface area contributed by atoms with Crippen LogP contribution in [0.4, 0.5) is 23.0 Å². The van der Waals surface area contributed by atoms with E-state index in [1.807, 2.05) is 104 Å². The van der Waals surface area contributed by atoms with E-state index in [9.17, 15) is 19.2 Å². The highest BCUT2D eigenvalue weighted by atomic mass is 16.5. The Kier molecular flexibility index (Phi) is 19.2. The topological polar surface area (TPSA) is 283 Å². The number of rotatable bonds is 16. The Hall–Kier alpha value is -10.8. The third-order valence-electron chi connectivity index (χ3n) is 14.0. The summed E-state index contributed by atoms with van der Waals surface area (Å²) in [7, 11) is 3.51. The average Bonchev–Trinajstić information content (AvgIpc) is 1.84. The van der Waals surface area contributed by atoms with Gasteiger partial charge in [0.05, 0.1) is 49.7 Å². The van der Waals surface area contributed by atoms with E-state index in [1.54, 1.807) is 84.9 Å². The first kappa shape index (κ1) is 59.4. The summed E-state index contributed by atoms with van der Waals surface area (Å²) < 4.78 is 28.1. The summed E-state index contributed by atoms with van der Waals surface area (Å²) >= 11 is 0. The van der Waals surface area contributed by atoms with E-state index in [4.69, 9.17) is 35.5 Å². The summed E-state index contributed by atoms with van der Waals surface area (Å²) in [4.78, 5) is 77.9. The molecule has 24 nitrogen and oxygen atoms in total. The maximum atomic E-state index is 14.0. The number of pyridine rings is 1. The van der Waals surface area contributed by atoms with Crippen molar-refractivity contribution in [3.05, 3.63) is 210 Å². The number of nitrogens with two attached hydrogens (primary N) is 2. The minimum atomic E-state index is -0.886. The Balaban J connectivity index is 0.000000166.